The minimum atomic E-state index is -1.40. The van der Waals surface area contributed by atoms with Crippen LogP contribution in [0.5, 0.6) is 0 Å². The number of nitrogens with one attached hydrogen (secondary N) is 1. The minimum absolute atomic E-state index is 0.257. The van der Waals surface area contributed by atoms with E-state index in [4.69, 9.17) is 15.8 Å². The van der Waals surface area contributed by atoms with E-state index in [0.717, 1.165) is 0 Å². The van der Waals surface area contributed by atoms with Crippen LogP contribution in [0, 0.1) is 50.7 Å². The van der Waals surface area contributed by atoms with Crippen molar-refractivity contribution in [1.82, 2.24) is 5.32 Å². The third kappa shape index (κ3) is 0.459. The largest absolute Gasteiger partial charge is 0.354 e. The Hall–Kier alpha value is -2.06. The first kappa shape index (κ1) is 7.58. The zero-order valence-corrected chi connectivity index (χ0v) is 6.53. The van der Waals surface area contributed by atoms with E-state index in [1.807, 2.05) is 0 Å². The van der Waals surface area contributed by atoms with E-state index in [-0.39, 0.29) is 6.54 Å². The van der Waals surface area contributed by atoms with Crippen molar-refractivity contribution >= 4 is 5.91 Å². The van der Waals surface area contributed by atoms with Gasteiger partial charge in [-0.15, -0.1) is 0 Å². The molecule has 1 aliphatic heterocycles. The van der Waals surface area contributed by atoms with Gasteiger partial charge in [-0.25, -0.2) is 0 Å². The van der Waals surface area contributed by atoms with Gasteiger partial charge in [0.05, 0.1) is 18.2 Å². The molecule has 0 aromatic heterocycles. The SMILES string of the molecule is N#CC1(C#N)C2CNC(=O)C21C#N. The topological polar surface area (TPSA) is 100 Å². The van der Waals surface area contributed by atoms with Gasteiger partial charge >= 0.3 is 0 Å². The average molecular weight is 172 g/mol. The van der Waals surface area contributed by atoms with Crippen LogP contribution in [0.1, 0.15) is 0 Å². The summed E-state index contributed by atoms with van der Waals surface area (Å²) in [4.78, 5) is 11.3. The summed E-state index contributed by atoms with van der Waals surface area (Å²) < 4.78 is 0. The summed E-state index contributed by atoms with van der Waals surface area (Å²) in [7, 11) is 0. The normalized spacial score (nSPS) is 37.6. The summed E-state index contributed by atoms with van der Waals surface area (Å²) in [5.41, 5.74) is -2.79. The molecular weight excluding hydrogens is 168 g/mol. The molecule has 0 bridgehead atoms. The van der Waals surface area contributed by atoms with Gasteiger partial charge in [-0.1, -0.05) is 0 Å². The zero-order chi connectivity index (χ0) is 9.69. The Morgan fingerprint density at radius 3 is 2.23 bits per heavy atom. The van der Waals surface area contributed by atoms with Crippen molar-refractivity contribution < 1.29 is 4.79 Å². The molecule has 5 heteroatoms. The monoisotopic (exact) mass is 172 g/mol. The number of nitriles is 3. The molecule has 13 heavy (non-hydrogen) atoms. The molecule has 1 heterocycles. The smallest absolute Gasteiger partial charge is 0.243 e. The lowest BCUT2D eigenvalue weighted by Crippen LogP contribution is -2.31. The first-order valence-electron chi connectivity index (χ1n) is 3.71. The second-order valence-corrected chi connectivity index (χ2v) is 3.21. The molecule has 1 saturated carbocycles. The number of piperidine rings is 1. The molecule has 2 aliphatic rings. The Kier molecular flexibility index (Phi) is 1.06. The van der Waals surface area contributed by atoms with Crippen LogP contribution in [0.15, 0.2) is 0 Å². The van der Waals surface area contributed by atoms with Crippen molar-refractivity contribution in [2.24, 2.45) is 16.7 Å². The molecule has 1 saturated heterocycles. The number of carbonyl (C=O) groups is 1. The highest BCUT2D eigenvalue weighted by atomic mass is 16.2. The maximum atomic E-state index is 11.3. The molecule has 62 valence electrons. The molecular formula is C8H4N4O. The van der Waals surface area contributed by atoms with Crippen LogP contribution in [0.3, 0.4) is 0 Å². The summed E-state index contributed by atoms with van der Waals surface area (Å²) in [6.45, 7) is 0.257. The molecule has 0 radical (unpaired) electrons. The quantitative estimate of drug-likeness (QED) is 0.521. The molecule has 0 aromatic carbocycles. The van der Waals surface area contributed by atoms with E-state index in [0.29, 0.717) is 0 Å². The van der Waals surface area contributed by atoms with Crippen LogP contribution < -0.4 is 5.32 Å². The van der Waals surface area contributed by atoms with Crippen LogP contribution in [0.4, 0.5) is 0 Å². The Morgan fingerprint density at radius 1 is 1.31 bits per heavy atom. The number of rotatable bonds is 0. The van der Waals surface area contributed by atoms with E-state index >= 15 is 0 Å². The predicted octanol–water partition coefficient (Wildman–Crippen LogP) is -0.710. The van der Waals surface area contributed by atoms with E-state index in [9.17, 15) is 4.79 Å². The zero-order valence-electron chi connectivity index (χ0n) is 6.53. The molecule has 2 atom stereocenters. The summed E-state index contributed by atoms with van der Waals surface area (Å²) in [5.74, 6) is -0.935. The highest BCUT2D eigenvalue weighted by Crippen LogP contribution is 2.70. The Morgan fingerprint density at radius 2 is 1.92 bits per heavy atom. The molecule has 2 fully saturated rings. The van der Waals surface area contributed by atoms with Crippen molar-refractivity contribution in [3.05, 3.63) is 0 Å². The van der Waals surface area contributed by atoms with Gasteiger partial charge in [0, 0.05) is 12.5 Å². The van der Waals surface area contributed by atoms with Gasteiger partial charge in [-0.3, -0.25) is 4.79 Å². The summed E-state index contributed by atoms with van der Waals surface area (Å²) in [6.07, 6.45) is 0. The summed E-state index contributed by atoms with van der Waals surface area (Å²) >= 11 is 0. The average Bonchev–Trinajstić information content (AvgIpc) is 2.62. The fraction of sp³-hybridized carbons (Fsp3) is 0.500. The first-order chi connectivity index (χ1) is 6.19. The number of fused-ring (bicyclic) bond motifs is 1. The molecule has 2 rings (SSSR count). The van der Waals surface area contributed by atoms with Crippen molar-refractivity contribution in [2.45, 2.75) is 0 Å². The van der Waals surface area contributed by atoms with Gasteiger partial charge < -0.3 is 5.32 Å². The highest BCUT2D eigenvalue weighted by Gasteiger charge is 2.86. The van der Waals surface area contributed by atoms with E-state index < -0.39 is 22.7 Å². The molecule has 2 unspecified atom stereocenters. The van der Waals surface area contributed by atoms with Gasteiger partial charge in [0.25, 0.3) is 0 Å². The summed E-state index contributed by atoms with van der Waals surface area (Å²) in [5, 5.41) is 28.8. The molecule has 1 N–H and O–H groups in total. The number of amides is 1. The van der Waals surface area contributed by atoms with Gasteiger partial charge in [-0.2, -0.15) is 15.8 Å². The Bertz CT molecular complexity index is 407. The lowest BCUT2D eigenvalue weighted by molar-refractivity contribution is -0.123. The molecule has 0 spiro atoms. The Balaban J connectivity index is 2.57. The minimum Gasteiger partial charge on any atom is -0.354 e. The lowest BCUT2D eigenvalue weighted by Gasteiger charge is -2.05. The van der Waals surface area contributed by atoms with Crippen LogP contribution in [0.25, 0.3) is 0 Å². The number of hydrogen-bond acceptors (Lipinski definition) is 4. The van der Waals surface area contributed by atoms with Crippen LogP contribution >= 0.6 is 0 Å². The van der Waals surface area contributed by atoms with Crippen LogP contribution in [-0.2, 0) is 4.79 Å². The third-order valence-corrected chi connectivity index (χ3v) is 2.94. The van der Waals surface area contributed by atoms with Gasteiger partial charge in [-0.05, 0) is 0 Å². The van der Waals surface area contributed by atoms with Crippen molar-refractivity contribution in [3.8, 4) is 18.2 Å². The number of nitrogens with zero attached hydrogens (tertiary/aromatic N) is 3. The number of carbonyl (C=O) groups excluding carboxylic acids is 1. The van der Waals surface area contributed by atoms with E-state index in [1.54, 1.807) is 18.2 Å². The standard InChI is InChI=1S/C8H4N4O/c9-2-7(3-10)5-1-12-6(13)8(5,7)4-11/h5H,1H2,(H,12,13). The van der Waals surface area contributed by atoms with Gasteiger partial charge in [0.1, 0.15) is 0 Å². The van der Waals surface area contributed by atoms with Crippen molar-refractivity contribution in [1.29, 1.82) is 15.8 Å². The van der Waals surface area contributed by atoms with Gasteiger partial charge in [0.2, 0.25) is 5.91 Å². The van der Waals surface area contributed by atoms with Crippen molar-refractivity contribution in [3.63, 3.8) is 0 Å². The fourth-order valence-electron chi connectivity index (χ4n) is 2.10. The molecule has 1 amide bonds. The molecule has 0 aromatic rings. The second-order valence-electron chi connectivity index (χ2n) is 3.21. The highest BCUT2D eigenvalue weighted by molar-refractivity contribution is 5.96. The summed E-state index contributed by atoms with van der Waals surface area (Å²) in [6, 6.07) is 5.36. The number of hydrogen-bond donors (Lipinski definition) is 1. The van der Waals surface area contributed by atoms with Crippen molar-refractivity contribution in [2.75, 3.05) is 6.54 Å². The first-order valence-corrected chi connectivity index (χ1v) is 3.71. The van der Waals surface area contributed by atoms with Gasteiger partial charge in [0.15, 0.2) is 10.8 Å². The fourth-order valence-corrected chi connectivity index (χ4v) is 2.10. The predicted molar refractivity (Wildman–Crippen MR) is 38.2 cm³/mol. The van der Waals surface area contributed by atoms with Crippen LogP contribution in [-0.4, -0.2) is 12.5 Å². The second kappa shape index (κ2) is 1.81. The van der Waals surface area contributed by atoms with Crippen LogP contribution in [0.2, 0.25) is 0 Å². The molecule has 5 nitrogen and oxygen atoms in total. The Labute approximate surface area is 74.2 Å². The lowest BCUT2D eigenvalue weighted by atomic mass is 9.96. The van der Waals surface area contributed by atoms with E-state index in [2.05, 4.69) is 5.32 Å². The molecule has 1 aliphatic carbocycles. The third-order valence-electron chi connectivity index (χ3n) is 2.94. The maximum absolute atomic E-state index is 11.3. The maximum Gasteiger partial charge on any atom is 0.243 e. The van der Waals surface area contributed by atoms with E-state index in [1.165, 1.54) is 0 Å².